The third-order valence-corrected chi connectivity index (χ3v) is 5.59. The van der Waals surface area contributed by atoms with Crippen molar-refractivity contribution in [1.29, 1.82) is 0 Å². The topological polar surface area (TPSA) is 141 Å². The van der Waals surface area contributed by atoms with E-state index in [1.165, 1.54) is 6.08 Å². The van der Waals surface area contributed by atoms with Gasteiger partial charge in [-0.2, -0.15) is 0 Å². The molecule has 1 aromatic carbocycles. The molecule has 2 rings (SSSR count). The highest BCUT2D eigenvalue weighted by Crippen LogP contribution is 2.24. The lowest BCUT2D eigenvalue weighted by atomic mass is 10.0. The van der Waals surface area contributed by atoms with Crippen LogP contribution in [0.25, 0.3) is 10.9 Å². The Balaban J connectivity index is 2.28. The lowest BCUT2D eigenvalue weighted by Gasteiger charge is -2.32. The van der Waals surface area contributed by atoms with Crippen molar-refractivity contribution in [3.63, 3.8) is 0 Å². The number of hydrogen-bond acceptors (Lipinski definition) is 9. The van der Waals surface area contributed by atoms with Gasteiger partial charge in [-0.3, -0.25) is 19.2 Å². The van der Waals surface area contributed by atoms with Gasteiger partial charge in [0.25, 0.3) is 0 Å². The molecule has 0 spiro atoms. The average molecular weight is 518 g/mol. The number of aromatic nitrogens is 1. The van der Waals surface area contributed by atoms with Gasteiger partial charge >= 0.3 is 23.9 Å². The quantitative estimate of drug-likeness (QED) is 0.219. The molecule has 0 radical (unpaired) electrons. The van der Waals surface area contributed by atoms with Crippen molar-refractivity contribution in [3.8, 4) is 0 Å². The largest absolute Gasteiger partial charge is 0.456 e. The highest BCUT2D eigenvalue weighted by atomic mass is 16.6. The predicted octanol–water partition coefficient (Wildman–Crippen LogP) is 3.51. The summed E-state index contributed by atoms with van der Waals surface area (Å²) in [7, 11) is 0. The zero-order valence-electron chi connectivity index (χ0n) is 21.7. The minimum Gasteiger partial charge on any atom is -0.456 e. The van der Waals surface area contributed by atoms with E-state index in [9.17, 15) is 24.3 Å². The first-order valence-corrected chi connectivity index (χ1v) is 12.4. The number of rotatable bonds is 14. The van der Waals surface area contributed by atoms with E-state index >= 15 is 0 Å². The number of hydrogen-bond donors (Lipinski definition) is 2. The summed E-state index contributed by atoms with van der Waals surface area (Å²) in [6.07, 6.45) is -0.657. The molecule has 202 valence electrons. The van der Waals surface area contributed by atoms with Crippen LogP contribution in [0.4, 0.5) is 0 Å². The van der Waals surface area contributed by atoms with Crippen LogP contribution in [0.2, 0.25) is 0 Å². The van der Waals surface area contributed by atoms with Crippen LogP contribution >= 0.6 is 0 Å². The Morgan fingerprint density at radius 3 is 2.16 bits per heavy atom. The van der Waals surface area contributed by atoms with Gasteiger partial charge in [-0.25, -0.2) is 0 Å². The van der Waals surface area contributed by atoms with Crippen molar-refractivity contribution in [3.05, 3.63) is 47.9 Å². The summed E-state index contributed by atoms with van der Waals surface area (Å²) in [6.45, 7) is 5.51. The smallest absolute Gasteiger partial charge is 0.311 e. The number of nitrogens with one attached hydrogen (secondary N) is 1. The molecule has 0 aliphatic carbocycles. The van der Waals surface area contributed by atoms with Crippen molar-refractivity contribution < 1.29 is 43.2 Å². The molecular formula is C27H35NO9. The molecule has 0 aliphatic rings. The van der Waals surface area contributed by atoms with Crippen LogP contribution in [-0.2, 0) is 44.5 Å². The number of fused-ring (bicyclic) bond motifs is 1. The number of allylic oxidation sites excluding steroid dienone is 1. The number of carbonyl (C=O) groups is 4. The van der Waals surface area contributed by atoms with Crippen LogP contribution in [0.15, 0.2) is 42.3 Å². The average Bonchev–Trinajstić information content (AvgIpc) is 3.33. The second-order valence-corrected chi connectivity index (χ2v) is 8.16. The van der Waals surface area contributed by atoms with E-state index in [0.717, 1.165) is 16.5 Å². The molecule has 10 heteroatoms. The van der Waals surface area contributed by atoms with Gasteiger partial charge in [0, 0.05) is 36.4 Å². The fraction of sp³-hybridized carbons (Fsp3) is 0.481. The minimum absolute atomic E-state index is 0.00363. The van der Waals surface area contributed by atoms with E-state index in [2.05, 4.69) is 4.98 Å². The third-order valence-electron chi connectivity index (χ3n) is 5.59. The van der Waals surface area contributed by atoms with E-state index in [1.54, 1.807) is 27.7 Å². The first-order valence-electron chi connectivity index (χ1n) is 12.4. The molecule has 2 N–H and O–H groups in total. The number of aliphatic hydroxyl groups is 1. The molecule has 3 atom stereocenters. The summed E-state index contributed by atoms with van der Waals surface area (Å²) in [5.41, 5.74) is 1.88. The van der Waals surface area contributed by atoms with Gasteiger partial charge in [0.15, 0.2) is 18.3 Å². The monoisotopic (exact) mass is 517 g/mol. The first-order chi connectivity index (χ1) is 17.8. The van der Waals surface area contributed by atoms with E-state index in [0.29, 0.717) is 6.42 Å². The van der Waals surface area contributed by atoms with Gasteiger partial charge in [-0.05, 0) is 31.1 Å². The molecule has 37 heavy (non-hydrogen) atoms. The van der Waals surface area contributed by atoms with E-state index < -0.39 is 48.8 Å². The number of ether oxygens (including phenoxy) is 4. The van der Waals surface area contributed by atoms with Crippen molar-refractivity contribution in [2.45, 2.75) is 78.1 Å². The van der Waals surface area contributed by atoms with Crippen molar-refractivity contribution >= 4 is 34.8 Å². The molecule has 2 aromatic rings. The molecule has 10 nitrogen and oxygen atoms in total. The molecule has 0 aliphatic heterocycles. The third kappa shape index (κ3) is 8.45. The second kappa shape index (κ2) is 14.8. The highest BCUT2D eigenvalue weighted by Gasteiger charge is 2.41. The number of aliphatic hydroxyl groups excluding tert-OH is 1. The first kappa shape index (κ1) is 29.6. The van der Waals surface area contributed by atoms with Gasteiger partial charge in [-0.1, -0.05) is 39.0 Å². The molecule has 1 aromatic heterocycles. The number of aromatic amines is 1. The van der Waals surface area contributed by atoms with Crippen LogP contribution in [0.1, 0.15) is 58.9 Å². The lowest BCUT2D eigenvalue weighted by molar-refractivity contribution is -0.189. The summed E-state index contributed by atoms with van der Waals surface area (Å²) in [6, 6.07) is 7.70. The summed E-state index contributed by atoms with van der Waals surface area (Å²) in [5.74, 6) is -2.73. The van der Waals surface area contributed by atoms with E-state index in [-0.39, 0.29) is 31.4 Å². The highest BCUT2D eigenvalue weighted by molar-refractivity contribution is 5.83. The molecule has 0 unspecified atom stereocenters. The zero-order valence-corrected chi connectivity index (χ0v) is 21.7. The number of esters is 4. The van der Waals surface area contributed by atoms with Gasteiger partial charge in [0.2, 0.25) is 0 Å². The lowest BCUT2D eigenvalue weighted by Crippen LogP contribution is -2.48. The Labute approximate surface area is 215 Å². The van der Waals surface area contributed by atoms with Crippen molar-refractivity contribution in [2.75, 3.05) is 6.61 Å². The van der Waals surface area contributed by atoms with E-state index in [4.69, 9.17) is 18.9 Å². The minimum atomic E-state index is -1.45. The zero-order chi connectivity index (χ0) is 27.4. The van der Waals surface area contributed by atoms with Gasteiger partial charge in [0.1, 0.15) is 5.76 Å². The molecule has 0 saturated carbocycles. The molecule has 0 amide bonds. The Morgan fingerprint density at radius 1 is 0.919 bits per heavy atom. The maximum absolute atomic E-state index is 12.8. The predicted molar refractivity (Wildman–Crippen MR) is 134 cm³/mol. The molecule has 0 fully saturated rings. The fourth-order valence-corrected chi connectivity index (χ4v) is 3.58. The molecule has 0 bridgehead atoms. The fourth-order valence-electron chi connectivity index (χ4n) is 3.58. The number of aryl methyl sites for hydroxylation is 1. The summed E-state index contributed by atoms with van der Waals surface area (Å²) < 4.78 is 21.8. The molecular weight excluding hydrogens is 482 g/mol. The van der Waals surface area contributed by atoms with Gasteiger partial charge < -0.3 is 29.0 Å². The van der Waals surface area contributed by atoms with Gasteiger partial charge in [-0.15, -0.1) is 0 Å². The van der Waals surface area contributed by atoms with Gasteiger partial charge in [0.05, 0.1) is 13.0 Å². The Bertz CT molecular complexity index is 1100. The number of H-pyrrole nitrogens is 1. The van der Waals surface area contributed by atoms with Crippen LogP contribution < -0.4 is 0 Å². The standard InChI is InChI=1S/C27H35NO9/c1-5-20(34-25(33)14-13-17-15-28-19-12-10-9-11-18(17)19)26(36-23(31)7-3)27(37-24(32)8-4)21(16-29)35-22(30)6-2/h5,9-12,15,21,26-29H,6-8,13-14,16H2,1-4H3/b20-5-/t21-,26+,27-/m1/s1. The van der Waals surface area contributed by atoms with Crippen LogP contribution in [0, 0.1) is 0 Å². The second-order valence-electron chi connectivity index (χ2n) is 8.16. The number of carbonyl (C=O) groups excluding carboxylic acids is 4. The van der Waals surface area contributed by atoms with Crippen LogP contribution in [-0.4, -0.2) is 58.9 Å². The number of para-hydroxylation sites is 1. The number of benzene rings is 1. The SMILES string of the molecule is C/C=C(\OC(=O)CCc1c[nH]c2ccccc12)[C@H](OC(=O)CC)[C@H](OC(=O)CC)[C@@H](CO)OC(=O)CC. The van der Waals surface area contributed by atoms with Crippen molar-refractivity contribution in [2.24, 2.45) is 0 Å². The summed E-state index contributed by atoms with van der Waals surface area (Å²) in [5, 5.41) is 10.9. The molecule has 0 saturated heterocycles. The van der Waals surface area contributed by atoms with E-state index in [1.807, 2.05) is 30.5 Å². The Morgan fingerprint density at radius 2 is 1.54 bits per heavy atom. The molecule has 1 heterocycles. The van der Waals surface area contributed by atoms with Crippen LogP contribution in [0.5, 0.6) is 0 Å². The van der Waals surface area contributed by atoms with Crippen LogP contribution in [0.3, 0.4) is 0 Å². The maximum atomic E-state index is 12.8. The summed E-state index contributed by atoms with van der Waals surface area (Å²) in [4.78, 5) is 52.4. The Hall–Kier alpha value is -3.66. The Kier molecular flexibility index (Phi) is 11.8. The normalized spacial score (nSPS) is 13.9. The summed E-state index contributed by atoms with van der Waals surface area (Å²) >= 11 is 0. The maximum Gasteiger partial charge on any atom is 0.311 e. The van der Waals surface area contributed by atoms with Crippen molar-refractivity contribution in [1.82, 2.24) is 4.98 Å².